The van der Waals surface area contributed by atoms with Crippen molar-refractivity contribution in [3.63, 3.8) is 0 Å². The zero-order valence-corrected chi connectivity index (χ0v) is 15.0. The van der Waals surface area contributed by atoms with Gasteiger partial charge in [-0.1, -0.05) is 28.1 Å². The number of hydrogen-bond donors (Lipinski definition) is 0. The number of halogens is 2. The third-order valence-corrected chi connectivity index (χ3v) is 4.32. The van der Waals surface area contributed by atoms with E-state index in [-0.39, 0.29) is 0 Å². The van der Waals surface area contributed by atoms with Crippen molar-refractivity contribution in [2.75, 3.05) is 14.2 Å². The molecule has 0 bridgehead atoms. The number of rotatable bonds is 4. The molecule has 4 heteroatoms. The van der Waals surface area contributed by atoms with Crippen molar-refractivity contribution in [1.82, 2.24) is 0 Å². The van der Waals surface area contributed by atoms with Crippen LogP contribution in [0.2, 0.25) is 0 Å². The summed E-state index contributed by atoms with van der Waals surface area (Å²) in [4.78, 5) is 0. The first kappa shape index (κ1) is 16.3. The van der Waals surface area contributed by atoms with E-state index in [0.29, 0.717) is 5.76 Å². The highest BCUT2D eigenvalue weighted by atomic mass is 79.9. The van der Waals surface area contributed by atoms with Gasteiger partial charge in [-0.2, -0.15) is 0 Å². The Labute approximate surface area is 131 Å². The summed E-state index contributed by atoms with van der Waals surface area (Å²) in [6, 6.07) is 1.98. The van der Waals surface area contributed by atoms with Crippen LogP contribution in [-0.4, -0.2) is 14.2 Å². The van der Waals surface area contributed by atoms with E-state index in [4.69, 9.17) is 9.47 Å². The maximum atomic E-state index is 5.54. The molecule has 0 aromatic heterocycles. The lowest BCUT2D eigenvalue weighted by Gasteiger charge is -2.20. The molecule has 0 atom stereocenters. The maximum absolute atomic E-state index is 5.54. The lowest BCUT2D eigenvalue weighted by Crippen LogP contribution is -2.01. The average molecular weight is 390 g/mol. The first-order valence-electron chi connectivity index (χ1n) is 5.78. The molecule has 0 saturated carbocycles. The van der Waals surface area contributed by atoms with Gasteiger partial charge in [0.1, 0.15) is 11.5 Å². The maximum Gasteiger partial charge on any atom is 0.141 e. The van der Waals surface area contributed by atoms with Crippen LogP contribution in [0.15, 0.2) is 32.9 Å². The quantitative estimate of drug-likeness (QED) is 0.501. The Morgan fingerprint density at radius 1 is 1.16 bits per heavy atom. The number of hydrogen-bond acceptors (Lipinski definition) is 2. The molecule has 19 heavy (non-hydrogen) atoms. The molecular formula is C15H18Br2O2. The first-order chi connectivity index (χ1) is 8.84. The lowest BCUT2D eigenvalue weighted by molar-refractivity contribution is 0.312. The van der Waals surface area contributed by atoms with Crippen LogP contribution in [0.25, 0.3) is 5.57 Å². The predicted octanol–water partition coefficient (Wildman–Crippen LogP) is 5.48. The van der Waals surface area contributed by atoms with Gasteiger partial charge in [0.05, 0.1) is 18.7 Å². The van der Waals surface area contributed by atoms with Gasteiger partial charge in [-0.25, -0.2) is 0 Å². The van der Waals surface area contributed by atoms with Gasteiger partial charge < -0.3 is 9.47 Å². The second kappa shape index (κ2) is 6.62. The van der Waals surface area contributed by atoms with Gasteiger partial charge in [-0.05, 0) is 48.3 Å². The van der Waals surface area contributed by atoms with Crippen molar-refractivity contribution < 1.29 is 9.47 Å². The summed E-state index contributed by atoms with van der Waals surface area (Å²) in [5.74, 6) is 1.42. The summed E-state index contributed by atoms with van der Waals surface area (Å²) in [5, 5.41) is 0. The Morgan fingerprint density at radius 2 is 1.74 bits per heavy atom. The van der Waals surface area contributed by atoms with Gasteiger partial charge >= 0.3 is 0 Å². The van der Waals surface area contributed by atoms with E-state index in [1.807, 2.05) is 26.8 Å². The van der Waals surface area contributed by atoms with E-state index in [2.05, 4.69) is 38.4 Å². The molecule has 1 rings (SSSR count). The summed E-state index contributed by atoms with van der Waals surface area (Å²) >= 11 is 7.10. The standard InChI is InChI=1S/C15H18Br2O2/c1-8(2)13(10(4)18-5)14-9(3)11(16)7-12(17)15(14)19-6/h7H,4H2,1-3,5-6H3. The van der Waals surface area contributed by atoms with Crippen molar-refractivity contribution in [2.45, 2.75) is 20.8 Å². The Hall–Kier alpha value is -0.740. The second-order valence-corrected chi connectivity index (χ2v) is 6.08. The van der Waals surface area contributed by atoms with Gasteiger partial charge in [0, 0.05) is 15.6 Å². The van der Waals surface area contributed by atoms with E-state index in [1.165, 1.54) is 0 Å². The van der Waals surface area contributed by atoms with Crippen LogP contribution in [0, 0.1) is 6.92 Å². The molecule has 104 valence electrons. The van der Waals surface area contributed by atoms with Gasteiger partial charge in [0.25, 0.3) is 0 Å². The summed E-state index contributed by atoms with van der Waals surface area (Å²) in [7, 11) is 3.29. The van der Waals surface area contributed by atoms with Crippen LogP contribution >= 0.6 is 31.9 Å². The fraction of sp³-hybridized carbons (Fsp3) is 0.333. The lowest BCUT2D eigenvalue weighted by atomic mass is 9.95. The minimum atomic E-state index is 0.631. The molecular weight excluding hydrogens is 372 g/mol. The highest BCUT2D eigenvalue weighted by Crippen LogP contribution is 2.42. The average Bonchev–Trinajstić information content (AvgIpc) is 2.35. The molecule has 0 spiro atoms. The minimum absolute atomic E-state index is 0.631. The van der Waals surface area contributed by atoms with Crippen LogP contribution in [0.3, 0.4) is 0 Å². The summed E-state index contributed by atoms with van der Waals surface area (Å²) < 4.78 is 12.8. The molecule has 0 aliphatic heterocycles. The third-order valence-electron chi connectivity index (χ3n) is 2.91. The molecule has 0 radical (unpaired) electrons. The topological polar surface area (TPSA) is 18.5 Å². The first-order valence-corrected chi connectivity index (χ1v) is 7.37. The molecule has 0 heterocycles. The highest BCUT2D eigenvalue weighted by molar-refractivity contribution is 9.11. The van der Waals surface area contributed by atoms with Crippen molar-refractivity contribution >= 4 is 37.4 Å². The summed E-state index contributed by atoms with van der Waals surface area (Å²) in [6.45, 7) is 10.1. The molecule has 0 aliphatic rings. The Kier molecular flexibility index (Phi) is 5.68. The van der Waals surface area contributed by atoms with Crippen LogP contribution in [0.5, 0.6) is 5.75 Å². The van der Waals surface area contributed by atoms with Crippen molar-refractivity contribution in [1.29, 1.82) is 0 Å². The van der Waals surface area contributed by atoms with E-state index < -0.39 is 0 Å². The number of ether oxygens (including phenoxy) is 2. The van der Waals surface area contributed by atoms with Crippen LogP contribution in [0.4, 0.5) is 0 Å². The van der Waals surface area contributed by atoms with Crippen molar-refractivity contribution in [3.05, 3.63) is 44.0 Å². The van der Waals surface area contributed by atoms with Gasteiger partial charge in [0.15, 0.2) is 0 Å². The molecule has 0 N–H and O–H groups in total. The van der Waals surface area contributed by atoms with E-state index in [0.717, 1.165) is 37.0 Å². The molecule has 0 fully saturated rings. The monoisotopic (exact) mass is 388 g/mol. The highest BCUT2D eigenvalue weighted by Gasteiger charge is 2.20. The smallest absolute Gasteiger partial charge is 0.141 e. The van der Waals surface area contributed by atoms with Crippen LogP contribution in [-0.2, 0) is 4.74 Å². The van der Waals surface area contributed by atoms with Crippen molar-refractivity contribution in [2.24, 2.45) is 0 Å². The molecule has 0 amide bonds. The molecule has 0 aliphatic carbocycles. The normalized spacial score (nSPS) is 10.1. The van der Waals surface area contributed by atoms with Crippen LogP contribution in [0.1, 0.15) is 25.0 Å². The Bertz CT molecular complexity index is 542. The summed E-state index contributed by atoms with van der Waals surface area (Å²) in [6.07, 6.45) is 0. The van der Waals surface area contributed by atoms with Gasteiger partial charge in [-0.15, -0.1) is 0 Å². The van der Waals surface area contributed by atoms with Crippen LogP contribution < -0.4 is 4.74 Å². The number of benzene rings is 1. The second-order valence-electron chi connectivity index (χ2n) is 4.38. The largest absolute Gasteiger partial charge is 0.497 e. The number of methoxy groups -OCH3 is 2. The van der Waals surface area contributed by atoms with Gasteiger partial charge in [0.2, 0.25) is 0 Å². The molecule has 0 unspecified atom stereocenters. The van der Waals surface area contributed by atoms with E-state index in [9.17, 15) is 0 Å². The molecule has 1 aromatic carbocycles. The fourth-order valence-corrected chi connectivity index (χ4v) is 3.29. The molecule has 1 aromatic rings. The number of allylic oxidation sites excluding steroid dienone is 2. The molecule has 2 nitrogen and oxygen atoms in total. The molecule has 0 saturated heterocycles. The zero-order chi connectivity index (χ0) is 14.7. The third kappa shape index (κ3) is 3.23. The van der Waals surface area contributed by atoms with E-state index >= 15 is 0 Å². The minimum Gasteiger partial charge on any atom is -0.497 e. The fourth-order valence-electron chi connectivity index (χ4n) is 1.97. The Morgan fingerprint density at radius 3 is 2.16 bits per heavy atom. The predicted molar refractivity (Wildman–Crippen MR) is 87.5 cm³/mol. The summed E-state index contributed by atoms with van der Waals surface area (Å²) in [5.41, 5.74) is 4.18. The zero-order valence-electron chi connectivity index (χ0n) is 11.9. The SMILES string of the molecule is C=C(OC)C(=C(C)C)c1c(C)c(Br)cc(Br)c1OC. The Balaban J connectivity index is 3.74. The van der Waals surface area contributed by atoms with E-state index in [1.54, 1.807) is 14.2 Å². The van der Waals surface area contributed by atoms with Gasteiger partial charge in [-0.3, -0.25) is 0 Å². The van der Waals surface area contributed by atoms with Crippen molar-refractivity contribution in [3.8, 4) is 5.75 Å².